The number of nitrogens with one attached hydrogen (secondary N) is 1. The van der Waals surface area contributed by atoms with Crippen molar-refractivity contribution in [3.05, 3.63) is 34.3 Å². The Bertz CT molecular complexity index is 630. The SMILES string of the molecule is Cn1cc(CNS(=O)(=O)c2ccsc2CN)cn1. The van der Waals surface area contributed by atoms with Crippen molar-refractivity contribution in [3.63, 3.8) is 0 Å². The quantitative estimate of drug-likeness (QED) is 0.833. The molecule has 0 saturated heterocycles. The van der Waals surface area contributed by atoms with Crippen molar-refractivity contribution in [3.8, 4) is 0 Å². The molecule has 0 aromatic carbocycles. The highest BCUT2D eigenvalue weighted by Gasteiger charge is 2.18. The second-order valence-electron chi connectivity index (χ2n) is 3.76. The topological polar surface area (TPSA) is 90.0 Å². The first kappa shape index (κ1) is 13.2. The lowest BCUT2D eigenvalue weighted by Crippen LogP contribution is -2.23. The van der Waals surface area contributed by atoms with Crippen molar-refractivity contribution >= 4 is 21.4 Å². The van der Waals surface area contributed by atoms with Crippen LogP contribution in [0.5, 0.6) is 0 Å². The van der Waals surface area contributed by atoms with Gasteiger partial charge in [0.15, 0.2) is 0 Å². The molecule has 0 aliphatic heterocycles. The summed E-state index contributed by atoms with van der Waals surface area (Å²) < 4.78 is 28.3. The van der Waals surface area contributed by atoms with Gasteiger partial charge in [0, 0.05) is 36.8 Å². The van der Waals surface area contributed by atoms with E-state index in [0.717, 1.165) is 5.56 Å². The highest BCUT2D eigenvalue weighted by Crippen LogP contribution is 2.21. The highest BCUT2D eigenvalue weighted by atomic mass is 32.2. The van der Waals surface area contributed by atoms with E-state index in [1.54, 1.807) is 35.6 Å². The standard InChI is InChI=1S/C10H14N4O2S2/c1-14-7-8(5-12-14)6-13-18(15,16)10-2-3-17-9(10)4-11/h2-3,5,7,13H,4,6,11H2,1H3. The van der Waals surface area contributed by atoms with Crippen LogP contribution in [0.25, 0.3) is 0 Å². The van der Waals surface area contributed by atoms with E-state index in [1.165, 1.54) is 11.3 Å². The maximum atomic E-state index is 12.1. The third-order valence-corrected chi connectivity index (χ3v) is 4.96. The van der Waals surface area contributed by atoms with Crippen LogP contribution in [0.15, 0.2) is 28.7 Å². The molecule has 8 heteroatoms. The minimum Gasteiger partial charge on any atom is -0.326 e. The molecule has 2 aromatic rings. The molecular formula is C10H14N4O2S2. The first-order valence-corrected chi connectivity index (χ1v) is 7.63. The van der Waals surface area contributed by atoms with Gasteiger partial charge in [-0.1, -0.05) is 0 Å². The van der Waals surface area contributed by atoms with Crippen LogP contribution >= 0.6 is 11.3 Å². The maximum absolute atomic E-state index is 12.1. The molecule has 0 aliphatic rings. The second-order valence-corrected chi connectivity index (χ2v) is 6.49. The summed E-state index contributed by atoms with van der Waals surface area (Å²) in [7, 11) is -1.72. The van der Waals surface area contributed by atoms with Crippen molar-refractivity contribution in [2.24, 2.45) is 12.8 Å². The zero-order valence-electron chi connectivity index (χ0n) is 9.83. The van der Waals surface area contributed by atoms with Gasteiger partial charge >= 0.3 is 0 Å². The van der Waals surface area contributed by atoms with E-state index in [4.69, 9.17) is 5.73 Å². The van der Waals surface area contributed by atoms with E-state index in [1.807, 2.05) is 0 Å². The summed E-state index contributed by atoms with van der Waals surface area (Å²) in [4.78, 5) is 0.924. The Kier molecular flexibility index (Phi) is 3.81. The number of rotatable bonds is 5. The molecule has 3 N–H and O–H groups in total. The molecule has 6 nitrogen and oxygen atoms in total. The monoisotopic (exact) mass is 286 g/mol. The molecule has 2 rings (SSSR count). The van der Waals surface area contributed by atoms with Gasteiger partial charge in [0.05, 0.1) is 11.1 Å². The number of aromatic nitrogens is 2. The predicted octanol–water partition coefficient (Wildman–Crippen LogP) is 0.419. The van der Waals surface area contributed by atoms with Crippen molar-refractivity contribution in [2.75, 3.05) is 0 Å². The molecule has 98 valence electrons. The minimum absolute atomic E-state index is 0.218. The molecule has 0 radical (unpaired) electrons. The van der Waals surface area contributed by atoms with Gasteiger partial charge in [0.1, 0.15) is 0 Å². The number of nitrogens with zero attached hydrogens (tertiary/aromatic N) is 2. The van der Waals surface area contributed by atoms with E-state index >= 15 is 0 Å². The molecule has 0 aliphatic carbocycles. The van der Waals surface area contributed by atoms with Crippen LogP contribution in [0.1, 0.15) is 10.4 Å². The van der Waals surface area contributed by atoms with Gasteiger partial charge in [-0.2, -0.15) is 5.10 Å². The van der Waals surface area contributed by atoms with Crippen molar-refractivity contribution in [1.29, 1.82) is 0 Å². The van der Waals surface area contributed by atoms with E-state index in [2.05, 4.69) is 9.82 Å². The summed E-state index contributed by atoms with van der Waals surface area (Å²) in [6, 6.07) is 1.57. The summed E-state index contributed by atoms with van der Waals surface area (Å²) in [5.74, 6) is 0. The first-order valence-electron chi connectivity index (χ1n) is 5.26. The lowest BCUT2D eigenvalue weighted by molar-refractivity contribution is 0.580. The van der Waals surface area contributed by atoms with Crippen LogP contribution in [-0.2, 0) is 30.2 Å². The predicted molar refractivity (Wildman–Crippen MR) is 69.4 cm³/mol. The molecule has 0 bridgehead atoms. The number of aryl methyl sites for hydroxylation is 1. The van der Waals surface area contributed by atoms with E-state index in [-0.39, 0.29) is 18.0 Å². The van der Waals surface area contributed by atoms with Gasteiger partial charge in [-0.25, -0.2) is 13.1 Å². The van der Waals surface area contributed by atoms with E-state index < -0.39 is 10.0 Å². The lowest BCUT2D eigenvalue weighted by atomic mass is 10.4. The van der Waals surface area contributed by atoms with Crippen LogP contribution in [0.3, 0.4) is 0 Å². The fraction of sp³-hybridized carbons (Fsp3) is 0.300. The molecule has 2 heterocycles. The number of thiophene rings is 1. The largest absolute Gasteiger partial charge is 0.326 e. The molecule has 2 aromatic heterocycles. The average Bonchev–Trinajstić information content (AvgIpc) is 2.95. The van der Waals surface area contributed by atoms with Crippen LogP contribution in [-0.4, -0.2) is 18.2 Å². The molecule has 0 spiro atoms. The van der Waals surface area contributed by atoms with E-state index in [0.29, 0.717) is 4.88 Å². The number of hydrogen-bond donors (Lipinski definition) is 2. The van der Waals surface area contributed by atoms with E-state index in [9.17, 15) is 8.42 Å². The molecule has 0 amide bonds. The maximum Gasteiger partial charge on any atom is 0.242 e. The van der Waals surface area contributed by atoms with Crippen molar-refractivity contribution in [2.45, 2.75) is 18.0 Å². The average molecular weight is 286 g/mol. The normalized spacial score (nSPS) is 11.9. The smallest absolute Gasteiger partial charge is 0.242 e. The van der Waals surface area contributed by atoms with Gasteiger partial charge < -0.3 is 5.73 Å². The fourth-order valence-corrected chi connectivity index (χ4v) is 3.89. The molecule has 18 heavy (non-hydrogen) atoms. The fourth-order valence-electron chi connectivity index (χ4n) is 1.54. The zero-order valence-corrected chi connectivity index (χ0v) is 11.5. The Labute approximate surface area is 109 Å². The molecule has 0 fully saturated rings. The molecule has 0 saturated carbocycles. The summed E-state index contributed by atoms with van der Waals surface area (Å²) in [6.07, 6.45) is 3.39. The third kappa shape index (κ3) is 2.78. The van der Waals surface area contributed by atoms with Crippen LogP contribution in [0.4, 0.5) is 0 Å². The Morgan fingerprint density at radius 1 is 1.56 bits per heavy atom. The first-order chi connectivity index (χ1) is 8.53. The van der Waals surface area contributed by atoms with Crippen LogP contribution in [0.2, 0.25) is 0 Å². The minimum atomic E-state index is -3.51. The number of nitrogens with two attached hydrogens (primary N) is 1. The van der Waals surface area contributed by atoms with Gasteiger partial charge in [-0.15, -0.1) is 11.3 Å². The molecule has 0 unspecified atom stereocenters. The van der Waals surface area contributed by atoms with Gasteiger partial charge in [0.2, 0.25) is 10.0 Å². The zero-order chi connectivity index (χ0) is 13.2. The Morgan fingerprint density at radius 3 is 2.94 bits per heavy atom. The second kappa shape index (κ2) is 5.19. The Morgan fingerprint density at radius 2 is 2.33 bits per heavy atom. The summed E-state index contributed by atoms with van der Waals surface area (Å²) in [5, 5.41) is 5.70. The van der Waals surface area contributed by atoms with Gasteiger partial charge in [-0.05, 0) is 11.4 Å². The third-order valence-electron chi connectivity index (χ3n) is 2.40. The number of sulfonamides is 1. The molecular weight excluding hydrogens is 272 g/mol. The Hall–Kier alpha value is -1.22. The number of hydrogen-bond acceptors (Lipinski definition) is 5. The molecule has 0 atom stereocenters. The van der Waals surface area contributed by atoms with Crippen molar-refractivity contribution < 1.29 is 8.42 Å². The summed E-state index contributed by atoms with van der Waals surface area (Å²) in [5.41, 5.74) is 6.32. The van der Waals surface area contributed by atoms with Crippen molar-refractivity contribution in [1.82, 2.24) is 14.5 Å². The van der Waals surface area contributed by atoms with Crippen LogP contribution in [0, 0.1) is 0 Å². The van der Waals surface area contributed by atoms with Crippen LogP contribution < -0.4 is 10.5 Å². The van der Waals surface area contributed by atoms with Gasteiger partial charge in [0.25, 0.3) is 0 Å². The Balaban J connectivity index is 2.13. The highest BCUT2D eigenvalue weighted by molar-refractivity contribution is 7.89. The van der Waals surface area contributed by atoms with Gasteiger partial charge in [-0.3, -0.25) is 4.68 Å². The lowest BCUT2D eigenvalue weighted by Gasteiger charge is -2.05. The summed E-state index contributed by atoms with van der Waals surface area (Å²) >= 11 is 1.34. The summed E-state index contributed by atoms with van der Waals surface area (Å²) in [6.45, 7) is 0.441.